The van der Waals surface area contributed by atoms with Gasteiger partial charge in [0.05, 0.1) is 17.9 Å². The van der Waals surface area contributed by atoms with E-state index in [0.29, 0.717) is 17.0 Å². The number of nitrogens with zero attached hydrogens (tertiary/aromatic N) is 4. The van der Waals surface area contributed by atoms with E-state index >= 15 is 0 Å². The number of carbonyl (C=O) groups excluding carboxylic acids is 1. The highest BCUT2D eigenvalue weighted by Crippen LogP contribution is 2.35. The summed E-state index contributed by atoms with van der Waals surface area (Å²) in [6.07, 6.45) is -2.83. The van der Waals surface area contributed by atoms with Crippen molar-refractivity contribution in [1.29, 1.82) is 0 Å². The Labute approximate surface area is 212 Å². The van der Waals surface area contributed by atoms with Crippen molar-refractivity contribution >= 4 is 11.9 Å². The SMILES string of the molecule is Cc1cc(-c2c(C(=O)NCc3cccc(C(C)C)n3)nc(N)nc2-c2ccc(F)cc2)cc(C(F)F)n1. The molecule has 3 aromatic heterocycles. The van der Waals surface area contributed by atoms with Crippen molar-refractivity contribution in [1.82, 2.24) is 25.3 Å². The van der Waals surface area contributed by atoms with Crippen LogP contribution in [0, 0.1) is 12.7 Å². The molecule has 0 radical (unpaired) electrons. The molecule has 37 heavy (non-hydrogen) atoms. The Bertz CT molecular complexity index is 1440. The number of anilines is 1. The zero-order valence-corrected chi connectivity index (χ0v) is 20.5. The third-order valence-electron chi connectivity index (χ3n) is 5.59. The lowest BCUT2D eigenvalue weighted by Gasteiger charge is -2.16. The molecule has 0 fully saturated rings. The van der Waals surface area contributed by atoms with Crippen LogP contribution in [0.5, 0.6) is 0 Å². The van der Waals surface area contributed by atoms with Gasteiger partial charge in [-0.3, -0.25) is 14.8 Å². The molecule has 1 amide bonds. The van der Waals surface area contributed by atoms with Crippen molar-refractivity contribution in [2.45, 2.75) is 39.7 Å². The van der Waals surface area contributed by atoms with Gasteiger partial charge in [-0.25, -0.2) is 23.1 Å². The van der Waals surface area contributed by atoms with Crippen molar-refractivity contribution in [3.63, 3.8) is 0 Å². The molecule has 0 bridgehead atoms. The fraction of sp³-hybridized carbons (Fsp3) is 0.222. The van der Waals surface area contributed by atoms with Gasteiger partial charge in [0.2, 0.25) is 5.95 Å². The molecule has 0 saturated carbocycles. The molecule has 0 spiro atoms. The first-order chi connectivity index (χ1) is 17.6. The van der Waals surface area contributed by atoms with E-state index in [9.17, 15) is 18.0 Å². The van der Waals surface area contributed by atoms with E-state index in [1.807, 2.05) is 26.0 Å². The molecule has 0 atom stereocenters. The number of nitrogens with two attached hydrogens (primary N) is 1. The number of alkyl halides is 2. The predicted molar refractivity (Wildman–Crippen MR) is 134 cm³/mol. The average molecular weight is 507 g/mol. The number of rotatable bonds is 7. The number of aryl methyl sites for hydroxylation is 1. The number of halogens is 3. The minimum atomic E-state index is -2.83. The zero-order chi connectivity index (χ0) is 26.7. The Hall–Kier alpha value is -4.34. The highest BCUT2D eigenvalue weighted by molar-refractivity contribution is 6.02. The Morgan fingerprint density at radius 2 is 1.68 bits per heavy atom. The van der Waals surface area contributed by atoms with Gasteiger partial charge in [0.15, 0.2) is 0 Å². The van der Waals surface area contributed by atoms with E-state index in [-0.39, 0.29) is 40.9 Å². The predicted octanol–water partition coefficient (Wildman–Crippen LogP) is 5.62. The van der Waals surface area contributed by atoms with Crippen molar-refractivity contribution < 1.29 is 18.0 Å². The number of carbonyl (C=O) groups is 1. The third kappa shape index (κ3) is 5.91. The summed E-state index contributed by atoms with van der Waals surface area (Å²) in [5, 5.41) is 2.79. The number of amides is 1. The minimum absolute atomic E-state index is 0.103. The largest absolute Gasteiger partial charge is 0.368 e. The number of hydrogen-bond donors (Lipinski definition) is 2. The molecule has 4 aromatic rings. The maximum atomic E-state index is 13.6. The van der Waals surface area contributed by atoms with Crippen molar-refractivity contribution in [2.24, 2.45) is 0 Å². The molecule has 3 heterocycles. The van der Waals surface area contributed by atoms with Gasteiger partial charge in [-0.2, -0.15) is 0 Å². The van der Waals surface area contributed by atoms with Gasteiger partial charge in [0.1, 0.15) is 17.2 Å². The smallest absolute Gasteiger partial charge is 0.280 e. The summed E-state index contributed by atoms with van der Waals surface area (Å²) in [7, 11) is 0. The maximum Gasteiger partial charge on any atom is 0.280 e. The molecule has 0 unspecified atom stereocenters. The molecular weight excluding hydrogens is 481 g/mol. The van der Waals surface area contributed by atoms with Crippen LogP contribution in [0.15, 0.2) is 54.6 Å². The van der Waals surface area contributed by atoms with Gasteiger partial charge in [0, 0.05) is 22.5 Å². The summed E-state index contributed by atoms with van der Waals surface area (Å²) in [5.41, 5.74) is 8.28. The Balaban J connectivity index is 1.83. The normalized spacial score (nSPS) is 11.2. The van der Waals surface area contributed by atoms with Crippen LogP contribution in [0.4, 0.5) is 19.1 Å². The lowest BCUT2D eigenvalue weighted by Crippen LogP contribution is -2.26. The molecule has 0 aliphatic rings. The van der Waals surface area contributed by atoms with Crippen LogP contribution in [0.2, 0.25) is 0 Å². The monoisotopic (exact) mass is 506 g/mol. The molecule has 1 aromatic carbocycles. The van der Waals surface area contributed by atoms with Crippen molar-refractivity contribution in [3.05, 3.63) is 88.9 Å². The summed E-state index contributed by atoms with van der Waals surface area (Å²) in [4.78, 5) is 30.3. The second-order valence-electron chi connectivity index (χ2n) is 8.77. The number of hydrogen-bond acceptors (Lipinski definition) is 6. The number of nitrogen functional groups attached to an aromatic ring is 1. The highest BCUT2D eigenvalue weighted by atomic mass is 19.3. The number of aromatic nitrogens is 4. The minimum Gasteiger partial charge on any atom is -0.368 e. The highest BCUT2D eigenvalue weighted by Gasteiger charge is 2.24. The third-order valence-corrected chi connectivity index (χ3v) is 5.59. The summed E-state index contributed by atoms with van der Waals surface area (Å²) >= 11 is 0. The molecule has 0 aliphatic heterocycles. The van der Waals surface area contributed by atoms with E-state index in [0.717, 1.165) is 5.69 Å². The topological polar surface area (TPSA) is 107 Å². The van der Waals surface area contributed by atoms with Gasteiger partial charge < -0.3 is 11.1 Å². The first-order valence-corrected chi connectivity index (χ1v) is 11.6. The van der Waals surface area contributed by atoms with Crippen molar-refractivity contribution in [2.75, 3.05) is 5.73 Å². The van der Waals surface area contributed by atoms with Gasteiger partial charge in [-0.15, -0.1) is 0 Å². The fourth-order valence-electron chi connectivity index (χ4n) is 3.86. The molecule has 0 aliphatic carbocycles. The van der Waals surface area contributed by atoms with Gasteiger partial charge >= 0.3 is 0 Å². The number of pyridine rings is 2. The lowest BCUT2D eigenvalue weighted by molar-refractivity contribution is 0.0946. The number of nitrogens with one attached hydrogen (secondary N) is 1. The quantitative estimate of drug-likeness (QED) is 0.337. The molecule has 7 nitrogen and oxygen atoms in total. The van der Waals surface area contributed by atoms with E-state index in [1.54, 1.807) is 19.1 Å². The fourth-order valence-corrected chi connectivity index (χ4v) is 3.86. The molecule has 10 heteroatoms. The van der Waals surface area contributed by atoms with Crippen LogP contribution in [0.1, 0.15) is 59.5 Å². The maximum absolute atomic E-state index is 13.6. The van der Waals surface area contributed by atoms with Crippen LogP contribution < -0.4 is 11.1 Å². The van der Waals surface area contributed by atoms with Crippen LogP contribution in [0.3, 0.4) is 0 Å². The van der Waals surface area contributed by atoms with Crippen LogP contribution in [0.25, 0.3) is 22.4 Å². The van der Waals surface area contributed by atoms with Crippen LogP contribution >= 0.6 is 0 Å². The average Bonchev–Trinajstić information content (AvgIpc) is 2.87. The van der Waals surface area contributed by atoms with E-state index < -0.39 is 23.8 Å². The van der Waals surface area contributed by atoms with Gasteiger partial charge in [0.25, 0.3) is 12.3 Å². The van der Waals surface area contributed by atoms with E-state index in [1.165, 1.54) is 30.3 Å². The second-order valence-corrected chi connectivity index (χ2v) is 8.77. The molecule has 0 saturated heterocycles. The first-order valence-electron chi connectivity index (χ1n) is 11.6. The van der Waals surface area contributed by atoms with Crippen LogP contribution in [-0.2, 0) is 6.54 Å². The summed E-state index contributed by atoms with van der Waals surface area (Å²) in [6.45, 7) is 5.70. The first kappa shape index (κ1) is 25.7. The summed E-state index contributed by atoms with van der Waals surface area (Å²) < 4.78 is 40.8. The summed E-state index contributed by atoms with van der Waals surface area (Å²) in [6, 6.07) is 13.7. The van der Waals surface area contributed by atoms with Gasteiger partial charge in [-0.1, -0.05) is 19.9 Å². The Kier molecular flexibility index (Phi) is 7.47. The number of benzene rings is 1. The van der Waals surface area contributed by atoms with Crippen LogP contribution in [-0.4, -0.2) is 25.8 Å². The van der Waals surface area contributed by atoms with Gasteiger partial charge in [-0.05, 0) is 66.9 Å². The second kappa shape index (κ2) is 10.7. The standard InChI is InChI=1S/C27H25F3N6O/c1-14(2)20-6-4-5-19(34-20)13-32-26(37)24-22(17-11-15(3)33-21(12-17)25(29)30)23(35-27(31)36-24)16-7-9-18(28)10-8-16/h4-12,14,25H,13H2,1-3H3,(H,32,37)(H2,31,35,36). The summed E-state index contributed by atoms with van der Waals surface area (Å²) in [5.74, 6) is -1.06. The zero-order valence-electron chi connectivity index (χ0n) is 20.5. The molecule has 3 N–H and O–H groups in total. The molecule has 4 rings (SSSR count). The Morgan fingerprint density at radius 3 is 2.35 bits per heavy atom. The van der Waals surface area contributed by atoms with E-state index in [2.05, 4.69) is 25.3 Å². The van der Waals surface area contributed by atoms with Crippen molar-refractivity contribution in [3.8, 4) is 22.4 Å². The Morgan fingerprint density at radius 1 is 0.946 bits per heavy atom. The van der Waals surface area contributed by atoms with E-state index in [4.69, 9.17) is 5.73 Å². The molecular formula is C27H25F3N6O. The molecule has 190 valence electrons. The lowest BCUT2D eigenvalue weighted by atomic mass is 9.96.